The molecule has 90 valence electrons. The lowest BCUT2D eigenvalue weighted by atomic mass is 9.90. The van der Waals surface area contributed by atoms with Crippen molar-refractivity contribution >= 4 is 45.0 Å². The maximum atomic E-state index is 9.41. The lowest BCUT2D eigenvalue weighted by Gasteiger charge is -2.27. The van der Waals surface area contributed by atoms with Crippen LogP contribution in [0.1, 0.15) is 6.92 Å². The third-order valence-corrected chi connectivity index (χ3v) is 5.63. The van der Waals surface area contributed by atoms with E-state index in [1.165, 1.54) is 0 Å². The van der Waals surface area contributed by atoms with E-state index in [4.69, 9.17) is 11.6 Å². The molecular formula is C12H12BrClN2S. The van der Waals surface area contributed by atoms with Gasteiger partial charge in [-0.1, -0.05) is 18.5 Å². The topological polar surface area (TPSA) is 35.8 Å². The maximum Gasteiger partial charge on any atom is 0.137 e. The first-order chi connectivity index (χ1) is 8.07. The van der Waals surface area contributed by atoms with E-state index in [0.717, 1.165) is 21.7 Å². The number of nitrogens with zero attached hydrogens (tertiary/aromatic N) is 1. The fraction of sp³-hybridized carbons (Fsp3) is 0.417. The Hall–Kier alpha value is -0.370. The summed E-state index contributed by atoms with van der Waals surface area (Å²) in [4.78, 5) is 0. The maximum absolute atomic E-state index is 9.41. The molecule has 1 N–H and O–H groups in total. The zero-order chi connectivity index (χ0) is 12.5. The molecular weight excluding hydrogens is 320 g/mol. The Morgan fingerprint density at radius 1 is 1.65 bits per heavy atom. The van der Waals surface area contributed by atoms with Gasteiger partial charge in [0.2, 0.25) is 0 Å². The normalized spacial score (nSPS) is 27.8. The molecule has 0 aromatic heterocycles. The first kappa shape index (κ1) is 13.1. The average molecular weight is 332 g/mol. The second-order valence-electron chi connectivity index (χ2n) is 4.25. The van der Waals surface area contributed by atoms with Crippen LogP contribution in [0.2, 0.25) is 5.02 Å². The predicted molar refractivity (Wildman–Crippen MR) is 77.6 cm³/mol. The molecule has 0 spiro atoms. The third-order valence-electron chi connectivity index (χ3n) is 3.03. The standard InChI is InChI=1S/C12H12BrClN2S/c1-8-5-17-7-12(8,6-15)16-9-2-3-11(14)10(13)4-9/h2-4,8,16H,5,7H2,1H3. The molecule has 17 heavy (non-hydrogen) atoms. The number of hydrogen-bond acceptors (Lipinski definition) is 3. The van der Waals surface area contributed by atoms with Gasteiger partial charge in [0, 0.05) is 21.8 Å². The van der Waals surface area contributed by atoms with Gasteiger partial charge in [0.15, 0.2) is 0 Å². The molecule has 1 aliphatic rings. The summed E-state index contributed by atoms with van der Waals surface area (Å²) in [6, 6.07) is 8.07. The van der Waals surface area contributed by atoms with Gasteiger partial charge in [-0.25, -0.2) is 0 Å². The van der Waals surface area contributed by atoms with E-state index in [-0.39, 0.29) is 0 Å². The summed E-state index contributed by atoms with van der Waals surface area (Å²) in [6.07, 6.45) is 0. The molecule has 2 nitrogen and oxygen atoms in total. The zero-order valence-corrected chi connectivity index (χ0v) is 12.5. The Morgan fingerprint density at radius 2 is 2.41 bits per heavy atom. The minimum Gasteiger partial charge on any atom is -0.366 e. The van der Waals surface area contributed by atoms with Crippen molar-refractivity contribution in [1.82, 2.24) is 0 Å². The van der Waals surface area contributed by atoms with E-state index < -0.39 is 5.54 Å². The Labute approximate surface area is 119 Å². The van der Waals surface area contributed by atoms with Gasteiger partial charge < -0.3 is 5.32 Å². The highest BCUT2D eigenvalue weighted by Crippen LogP contribution is 2.37. The van der Waals surface area contributed by atoms with E-state index in [0.29, 0.717) is 10.9 Å². The van der Waals surface area contributed by atoms with Crippen LogP contribution < -0.4 is 5.32 Å². The van der Waals surface area contributed by atoms with Crippen molar-refractivity contribution < 1.29 is 0 Å². The number of anilines is 1. The number of nitriles is 1. The van der Waals surface area contributed by atoms with Gasteiger partial charge in [0.1, 0.15) is 5.54 Å². The predicted octanol–water partition coefficient (Wildman–Crippen LogP) is 4.16. The van der Waals surface area contributed by atoms with Crippen LogP contribution in [-0.2, 0) is 0 Å². The highest BCUT2D eigenvalue weighted by molar-refractivity contribution is 9.10. The van der Waals surface area contributed by atoms with Crippen molar-refractivity contribution in [3.05, 3.63) is 27.7 Å². The summed E-state index contributed by atoms with van der Waals surface area (Å²) >= 11 is 11.2. The van der Waals surface area contributed by atoms with Gasteiger partial charge in [-0.3, -0.25) is 0 Å². The molecule has 2 rings (SSSR count). The lowest BCUT2D eigenvalue weighted by Crippen LogP contribution is -2.42. The Bertz CT molecular complexity index is 474. The van der Waals surface area contributed by atoms with Gasteiger partial charge >= 0.3 is 0 Å². The van der Waals surface area contributed by atoms with Crippen molar-refractivity contribution in [3.8, 4) is 6.07 Å². The van der Waals surface area contributed by atoms with E-state index >= 15 is 0 Å². The Morgan fingerprint density at radius 3 is 2.94 bits per heavy atom. The molecule has 1 heterocycles. The fourth-order valence-corrected chi connectivity index (χ4v) is 3.84. The molecule has 5 heteroatoms. The minimum absolute atomic E-state index is 0.340. The van der Waals surface area contributed by atoms with Crippen LogP contribution in [0.25, 0.3) is 0 Å². The van der Waals surface area contributed by atoms with Gasteiger partial charge in [0.25, 0.3) is 0 Å². The molecule has 0 saturated carbocycles. The molecule has 0 aliphatic carbocycles. The molecule has 1 aromatic rings. The van der Waals surface area contributed by atoms with Gasteiger partial charge in [-0.2, -0.15) is 17.0 Å². The van der Waals surface area contributed by atoms with Gasteiger partial charge in [0.05, 0.1) is 11.1 Å². The van der Waals surface area contributed by atoms with Crippen molar-refractivity contribution in [1.29, 1.82) is 5.26 Å². The summed E-state index contributed by atoms with van der Waals surface area (Å²) in [7, 11) is 0. The van der Waals surface area contributed by atoms with Crippen LogP contribution >= 0.6 is 39.3 Å². The number of halogens is 2. The fourth-order valence-electron chi connectivity index (χ4n) is 1.84. The van der Waals surface area contributed by atoms with E-state index in [1.807, 2.05) is 30.0 Å². The molecule has 2 unspecified atom stereocenters. The summed E-state index contributed by atoms with van der Waals surface area (Å²) in [5.74, 6) is 2.19. The van der Waals surface area contributed by atoms with Crippen LogP contribution in [0.4, 0.5) is 5.69 Å². The summed E-state index contributed by atoms with van der Waals surface area (Å²) in [6.45, 7) is 2.11. The molecule has 0 radical (unpaired) electrons. The third kappa shape index (κ3) is 2.57. The molecule has 1 aromatic carbocycles. The van der Waals surface area contributed by atoms with Crippen LogP contribution in [-0.4, -0.2) is 17.0 Å². The highest BCUT2D eigenvalue weighted by atomic mass is 79.9. The first-order valence-electron chi connectivity index (χ1n) is 5.29. The number of rotatable bonds is 2. The summed E-state index contributed by atoms with van der Waals surface area (Å²) in [5, 5.41) is 13.4. The monoisotopic (exact) mass is 330 g/mol. The lowest BCUT2D eigenvalue weighted by molar-refractivity contribution is 0.500. The van der Waals surface area contributed by atoms with Crippen LogP contribution in [0.3, 0.4) is 0 Å². The number of thioether (sulfide) groups is 1. The van der Waals surface area contributed by atoms with E-state index in [2.05, 4.69) is 34.2 Å². The molecule has 1 saturated heterocycles. The smallest absolute Gasteiger partial charge is 0.137 e. The highest BCUT2D eigenvalue weighted by Gasteiger charge is 2.41. The molecule has 1 aliphatic heterocycles. The number of benzene rings is 1. The molecule has 0 amide bonds. The van der Waals surface area contributed by atoms with Crippen molar-refractivity contribution in [2.45, 2.75) is 12.5 Å². The Balaban J connectivity index is 2.25. The van der Waals surface area contributed by atoms with Crippen LogP contribution in [0.15, 0.2) is 22.7 Å². The average Bonchev–Trinajstić information content (AvgIpc) is 2.66. The Kier molecular flexibility index (Phi) is 3.92. The summed E-state index contributed by atoms with van der Waals surface area (Å²) in [5.41, 5.74) is 0.468. The van der Waals surface area contributed by atoms with Crippen LogP contribution in [0.5, 0.6) is 0 Å². The molecule has 1 fully saturated rings. The first-order valence-corrected chi connectivity index (χ1v) is 7.62. The van der Waals surface area contributed by atoms with E-state index in [1.54, 1.807) is 0 Å². The molecule has 2 atom stereocenters. The van der Waals surface area contributed by atoms with E-state index in [9.17, 15) is 5.26 Å². The summed E-state index contributed by atoms with van der Waals surface area (Å²) < 4.78 is 0.843. The van der Waals surface area contributed by atoms with Crippen LogP contribution in [0, 0.1) is 17.2 Å². The number of nitrogens with one attached hydrogen (secondary N) is 1. The SMILES string of the molecule is CC1CSCC1(C#N)Nc1ccc(Cl)c(Br)c1. The molecule has 0 bridgehead atoms. The second-order valence-corrected chi connectivity index (χ2v) is 6.55. The number of hydrogen-bond donors (Lipinski definition) is 1. The van der Waals surface area contributed by atoms with Crippen molar-refractivity contribution in [3.63, 3.8) is 0 Å². The largest absolute Gasteiger partial charge is 0.366 e. The second kappa shape index (κ2) is 5.09. The van der Waals surface area contributed by atoms with Crippen molar-refractivity contribution in [2.24, 2.45) is 5.92 Å². The van der Waals surface area contributed by atoms with Gasteiger partial charge in [-0.05, 0) is 39.9 Å². The minimum atomic E-state index is -0.460. The quantitative estimate of drug-likeness (QED) is 0.884. The van der Waals surface area contributed by atoms with Gasteiger partial charge in [-0.15, -0.1) is 0 Å². The van der Waals surface area contributed by atoms with Crippen molar-refractivity contribution in [2.75, 3.05) is 16.8 Å². The zero-order valence-electron chi connectivity index (χ0n) is 9.34.